The van der Waals surface area contributed by atoms with Crippen molar-refractivity contribution in [2.75, 3.05) is 62.2 Å². The van der Waals surface area contributed by atoms with Gasteiger partial charge in [-0.25, -0.2) is 14.8 Å². The summed E-state index contributed by atoms with van der Waals surface area (Å²) in [4.78, 5) is 36.5. The van der Waals surface area contributed by atoms with E-state index < -0.39 is 6.09 Å². The SMILES string of the molecule is O=C(O)N1CCN(c2ccc(-c3nc4ncc(Cl)c(N5CCN(Cc6cccnc6)CC5)c4[nH]3)cc2)CC1. The Kier molecular flexibility index (Phi) is 6.73. The first-order chi connectivity index (χ1) is 18.5. The molecule has 2 aliphatic heterocycles. The molecule has 2 saturated heterocycles. The number of carboxylic acid groups (broad SMARTS) is 1. The summed E-state index contributed by atoms with van der Waals surface area (Å²) >= 11 is 6.68. The van der Waals surface area contributed by atoms with Crippen molar-refractivity contribution in [3.8, 4) is 11.4 Å². The molecule has 6 rings (SSSR count). The molecule has 1 aromatic carbocycles. The minimum Gasteiger partial charge on any atom is -0.465 e. The molecule has 10 nitrogen and oxygen atoms in total. The average Bonchev–Trinajstić information content (AvgIpc) is 3.39. The Labute approximate surface area is 225 Å². The molecule has 38 heavy (non-hydrogen) atoms. The summed E-state index contributed by atoms with van der Waals surface area (Å²) in [7, 11) is 0. The Bertz CT molecular complexity index is 1410. The predicted molar refractivity (Wildman–Crippen MR) is 148 cm³/mol. The van der Waals surface area contributed by atoms with Gasteiger partial charge in [0.05, 0.1) is 16.9 Å². The quantitative estimate of drug-likeness (QED) is 0.400. The van der Waals surface area contributed by atoms with Crippen molar-refractivity contribution in [3.05, 3.63) is 65.6 Å². The zero-order valence-electron chi connectivity index (χ0n) is 20.9. The number of halogens is 1. The predicted octanol–water partition coefficient (Wildman–Crippen LogP) is 3.80. The van der Waals surface area contributed by atoms with E-state index in [4.69, 9.17) is 16.6 Å². The molecule has 2 fully saturated rings. The van der Waals surface area contributed by atoms with Crippen LogP contribution in [0.2, 0.25) is 5.02 Å². The lowest BCUT2D eigenvalue weighted by Crippen LogP contribution is -2.48. The average molecular weight is 533 g/mol. The molecule has 0 unspecified atom stereocenters. The Morgan fingerprint density at radius 2 is 1.68 bits per heavy atom. The summed E-state index contributed by atoms with van der Waals surface area (Å²) < 4.78 is 0. The summed E-state index contributed by atoms with van der Waals surface area (Å²) in [5.74, 6) is 0.744. The van der Waals surface area contributed by atoms with Gasteiger partial charge >= 0.3 is 6.09 Å². The summed E-state index contributed by atoms with van der Waals surface area (Å²) in [5, 5.41) is 9.79. The topological polar surface area (TPSA) is 105 Å². The zero-order chi connectivity index (χ0) is 26.1. The molecule has 2 aliphatic rings. The summed E-state index contributed by atoms with van der Waals surface area (Å²) in [6, 6.07) is 12.3. The van der Waals surface area contributed by atoms with E-state index in [1.807, 2.05) is 24.4 Å². The van der Waals surface area contributed by atoms with Gasteiger partial charge in [0, 0.05) is 82.5 Å². The number of aromatic amines is 1. The largest absolute Gasteiger partial charge is 0.465 e. The monoisotopic (exact) mass is 532 g/mol. The Balaban J connectivity index is 1.17. The number of pyridine rings is 2. The van der Waals surface area contributed by atoms with Gasteiger partial charge in [0.15, 0.2) is 5.65 Å². The standard InChI is InChI=1S/C27H29ClN8O2/c28-22-17-30-26-23(24(22)35-10-8-33(9-11-35)18-19-2-1-7-29-16-19)31-25(32-26)20-3-5-21(6-4-20)34-12-14-36(15-13-34)27(37)38/h1-7,16-17H,8-15,18H2,(H,37,38)(H,30,31,32). The lowest BCUT2D eigenvalue weighted by Gasteiger charge is -2.36. The number of aromatic nitrogens is 4. The number of anilines is 2. The van der Waals surface area contributed by atoms with Crippen LogP contribution in [0.25, 0.3) is 22.6 Å². The van der Waals surface area contributed by atoms with Crippen LogP contribution in [0.4, 0.5) is 16.2 Å². The van der Waals surface area contributed by atoms with Crippen molar-refractivity contribution in [1.29, 1.82) is 0 Å². The third kappa shape index (κ3) is 4.97. The molecule has 0 radical (unpaired) electrons. The molecule has 1 amide bonds. The summed E-state index contributed by atoms with van der Waals surface area (Å²) in [5.41, 5.74) is 5.69. The van der Waals surface area contributed by atoms with Crippen molar-refractivity contribution in [1.82, 2.24) is 29.7 Å². The first kappa shape index (κ1) is 24.4. The van der Waals surface area contributed by atoms with E-state index in [1.54, 1.807) is 12.4 Å². The lowest BCUT2D eigenvalue weighted by atomic mass is 10.1. The number of nitrogens with one attached hydrogen (secondary N) is 1. The molecule has 0 atom stereocenters. The highest BCUT2D eigenvalue weighted by molar-refractivity contribution is 6.34. The molecule has 5 heterocycles. The number of piperazine rings is 2. The number of nitrogens with zero attached hydrogens (tertiary/aromatic N) is 7. The maximum absolute atomic E-state index is 11.2. The summed E-state index contributed by atoms with van der Waals surface area (Å²) in [6.07, 6.45) is 4.56. The molecule has 0 aliphatic carbocycles. The minimum absolute atomic E-state index is 0.508. The maximum atomic E-state index is 11.2. The van der Waals surface area contributed by atoms with Crippen LogP contribution in [-0.2, 0) is 6.54 Å². The second kappa shape index (κ2) is 10.5. The molecule has 2 N–H and O–H groups in total. The van der Waals surface area contributed by atoms with Crippen LogP contribution >= 0.6 is 11.6 Å². The smallest absolute Gasteiger partial charge is 0.407 e. The van der Waals surface area contributed by atoms with Crippen molar-refractivity contribution >= 4 is 40.2 Å². The number of amides is 1. The first-order valence-electron chi connectivity index (χ1n) is 12.8. The molecule has 0 bridgehead atoms. The molecular formula is C27H29ClN8O2. The van der Waals surface area contributed by atoms with E-state index in [-0.39, 0.29) is 0 Å². The van der Waals surface area contributed by atoms with E-state index in [0.717, 1.165) is 61.0 Å². The highest BCUT2D eigenvalue weighted by Gasteiger charge is 2.24. The van der Waals surface area contributed by atoms with Gasteiger partial charge in [-0.1, -0.05) is 17.7 Å². The van der Waals surface area contributed by atoms with E-state index in [2.05, 4.69) is 47.9 Å². The van der Waals surface area contributed by atoms with Gasteiger partial charge in [0.2, 0.25) is 0 Å². The van der Waals surface area contributed by atoms with Gasteiger partial charge in [0.1, 0.15) is 11.3 Å². The van der Waals surface area contributed by atoms with Crippen LogP contribution < -0.4 is 9.80 Å². The minimum atomic E-state index is -0.857. The zero-order valence-corrected chi connectivity index (χ0v) is 21.7. The van der Waals surface area contributed by atoms with Crippen LogP contribution in [0.1, 0.15) is 5.56 Å². The lowest BCUT2D eigenvalue weighted by molar-refractivity contribution is 0.142. The van der Waals surface area contributed by atoms with Gasteiger partial charge < -0.3 is 24.8 Å². The van der Waals surface area contributed by atoms with Gasteiger partial charge in [-0.15, -0.1) is 0 Å². The molecule has 0 spiro atoms. The second-order valence-corrected chi connectivity index (χ2v) is 10.1. The van der Waals surface area contributed by atoms with Crippen LogP contribution in [0.3, 0.4) is 0 Å². The van der Waals surface area contributed by atoms with Crippen molar-refractivity contribution in [3.63, 3.8) is 0 Å². The van der Waals surface area contributed by atoms with Gasteiger partial charge in [-0.05, 0) is 35.9 Å². The molecule has 0 saturated carbocycles. The van der Waals surface area contributed by atoms with Crippen LogP contribution in [0.15, 0.2) is 55.0 Å². The van der Waals surface area contributed by atoms with Crippen LogP contribution in [0, 0.1) is 0 Å². The molecule has 11 heteroatoms. The molecule has 4 aromatic rings. The van der Waals surface area contributed by atoms with Gasteiger partial charge in [0.25, 0.3) is 0 Å². The van der Waals surface area contributed by atoms with E-state index in [0.29, 0.717) is 36.8 Å². The number of benzene rings is 1. The first-order valence-corrected chi connectivity index (χ1v) is 13.2. The number of fused-ring (bicyclic) bond motifs is 1. The van der Waals surface area contributed by atoms with Crippen LogP contribution in [-0.4, -0.2) is 93.3 Å². The number of hydrogen-bond acceptors (Lipinski definition) is 7. The number of rotatable bonds is 5. The number of H-pyrrole nitrogens is 1. The normalized spacial score (nSPS) is 16.8. The number of imidazole rings is 1. The molecular weight excluding hydrogens is 504 g/mol. The van der Waals surface area contributed by atoms with Gasteiger partial charge in [-0.2, -0.15) is 0 Å². The molecule has 196 valence electrons. The second-order valence-electron chi connectivity index (χ2n) is 9.67. The summed E-state index contributed by atoms with van der Waals surface area (Å²) in [6.45, 7) is 6.84. The van der Waals surface area contributed by atoms with Crippen molar-refractivity contribution in [2.24, 2.45) is 0 Å². The van der Waals surface area contributed by atoms with Gasteiger partial charge in [-0.3, -0.25) is 9.88 Å². The van der Waals surface area contributed by atoms with Crippen molar-refractivity contribution < 1.29 is 9.90 Å². The van der Waals surface area contributed by atoms with Crippen LogP contribution in [0.5, 0.6) is 0 Å². The fourth-order valence-corrected chi connectivity index (χ4v) is 5.50. The highest BCUT2D eigenvalue weighted by Crippen LogP contribution is 2.34. The van der Waals surface area contributed by atoms with E-state index in [9.17, 15) is 9.90 Å². The molecule has 3 aromatic heterocycles. The van der Waals surface area contributed by atoms with E-state index >= 15 is 0 Å². The Morgan fingerprint density at radius 3 is 2.37 bits per heavy atom. The number of carbonyl (C=O) groups is 1. The Hall–Kier alpha value is -3.89. The fourth-order valence-electron chi connectivity index (χ4n) is 5.23. The van der Waals surface area contributed by atoms with Crippen molar-refractivity contribution in [2.45, 2.75) is 6.54 Å². The number of hydrogen-bond donors (Lipinski definition) is 2. The third-order valence-electron chi connectivity index (χ3n) is 7.32. The maximum Gasteiger partial charge on any atom is 0.407 e. The van der Waals surface area contributed by atoms with E-state index in [1.165, 1.54) is 10.5 Å². The fraction of sp³-hybridized carbons (Fsp3) is 0.333. The third-order valence-corrected chi connectivity index (χ3v) is 7.60. The Morgan fingerprint density at radius 1 is 0.947 bits per heavy atom. The highest BCUT2D eigenvalue weighted by atomic mass is 35.5.